The van der Waals surface area contributed by atoms with E-state index < -0.39 is 26.2 Å². The van der Waals surface area contributed by atoms with Crippen LogP contribution in [-0.4, -0.2) is 31.5 Å². The number of nitrogens with one attached hydrogen (secondary N) is 2. The van der Waals surface area contributed by atoms with Gasteiger partial charge >= 0.3 is 0 Å². The van der Waals surface area contributed by atoms with Crippen molar-refractivity contribution < 1.29 is 13.3 Å². The molecule has 3 rings (SSSR count). The van der Waals surface area contributed by atoms with Crippen LogP contribution in [0.4, 0.5) is 5.69 Å². The Kier molecular flexibility index (Phi) is 3.03. The lowest BCUT2D eigenvalue weighted by molar-refractivity contribution is -0.387. The summed E-state index contributed by atoms with van der Waals surface area (Å²) in [5.41, 5.74) is -0.849. The van der Waals surface area contributed by atoms with Crippen LogP contribution in [0.25, 0.3) is 0 Å². The van der Waals surface area contributed by atoms with Gasteiger partial charge < -0.3 is 5.32 Å². The average molecular weight is 297 g/mol. The summed E-state index contributed by atoms with van der Waals surface area (Å²) in [5.74, 6) is 0. The zero-order valence-electron chi connectivity index (χ0n) is 10.7. The van der Waals surface area contributed by atoms with Crippen molar-refractivity contribution in [3.05, 3.63) is 34.4 Å². The second-order valence-electron chi connectivity index (χ2n) is 5.30. The summed E-state index contributed by atoms with van der Waals surface area (Å²) in [6.45, 7) is 0.889. The van der Waals surface area contributed by atoms with E-state index in [0.29, 0.717) is 0 Å². The Morgan fingerprint density at radius 1 is 1.40 bits per heavy atom. The first-order chi connectivity index (χ1) is 9.45. The summed E-state index contributed by atoms with van der Waals surface area (Å²) in [5, 5.41) is 14.2. The van der Waals surface area contributed by atoms with Gasteiger partial charge in [-0.25, -0.2) is 13.1 Å². The molecule has 1 aromatic carbocycles. The van der Waals surface area contributed by atoms with Crippen LogP contribution in [0.5, 0.6) is 0 Å². The number of benzene rings is 1. The van der Waals surface area contributed by atoms with Crippen molar-refractivity contribution in [1.29, 1.82) is 0 Å². The molecule has 0 radical (unpaired) electrons. The van der Waals surface area contributed by atoms with Gasteiger partial charge in [0.1, 0.15) is 0 Å². The van der Waals surface area contributed by atoms with Crippen molar-refractivity contribution in [3.63, 3.8) is 0 Å². The van der Waals surface area contributed by atoms with Gasteiger partial charge in [-0.05, 0) is 31.9 Å². The Morgan fingerprint density at radius 3 is 2.85 bits per heavy atom. The molecule has 0 unspecified atom stereocenters. The van der Waals surface area contributed by atoms with Crippen LogP contribution in [0.2, 0.25) is 0 Å². The lowest BCUT2D eigenvalue weighted by Crippen LogP contribution is -2.46. The summed E-state index contributed by atoms with van der Waals surface area (Å²) in [6.07, 6.45) is 2.41. The third kappa shape index (κ3) is 2.19. The third-order valence-corrected chi connectivity index (χ3v) is 5.55. The van der Waals surface area contributed by atoms with Crippen molar-refractivity contribution in [2.24, 2.45) is 0 Å². The average Bonchev–Trinajstić information content (AvgIpc) is 3.11. The Labute approximate surface area is 116 Å². The molecule has 0 spiro atoms. The van der Waals surface area contributed by atoms with Gasteiger partial charge in [0.05, 0.1) is 10.5 Å². The minimum absolute atomic E-state index is 0.147. The number of nitro benzene ring substituents is 1. The number of para-hydroxylation sites is 1. The molecule has 2 N–H and O–H groups in total. The van der Waals surface area contributed by atoms with E-state index >= 15 is 0 Å². The third-order valence-electron chi connectivity index (χ3n) is 3.95. The summed E-state index contributed by atoms with van der Waals surface area (Å²) in [4.78, 5) is 10.0. The number of rotatable bonds is 4. The van der Waals surface area contributed by atoms with Gasteiger partial charge in [0.15, 0.2) is 4.90 Å². The van der Waals surface area contributed by atoms with E-state index in [4.69, 9.17) is 0 Å². The molecule has 108 valence electrons. The molecule has 2 atom stereocenters. The van der Waals surface area contributed by atoms with Gasteiger partial charge in [0, 0.05) is 12.1 Å². The maximum atomic E-state index is 12.4. The topological polar surface area (TPSA) is 101 Å². The second-order valence-corrected chi connectivity index (χ2v) is 6.95. The smallest absolute Gasteiger partial charge is 0.289 e. The molecule has 1 saturated heterocycles. The van der Waals surface area contributed by atoms with Crippen molar-refractivity contribution in [1.82, 2.24) is 10.0 Å². The second kappa shape index (κ2) is 4.51. The SMILES string of the molecule is O=[N+]([O-])c1ccccc1S(=O)(=O)N[C@@]12CCCN[C@@H]1C2. The number of hydrogen-bond acceptors (Lipinski definition) is 5. The van der Waals surface area contributed by atoms with Gasteiger partial charge in [0.25, 0.3) is 5.69 Å². The number of fused-ring (bicyclic) bond motifs is 1. The molecule has 2 aliphatic rings. The first-order valence-electron chi connectivity index (χ1n) is 6.45. The van der Waals surface area contributed by atoms with Crippen molar-refractivity contribution >= 4 is 15.7 Å². The highest BCUT2D eigenvalue weighted by Crippen LogP contribution is 2.44. The maximum absolute atomic E-state index is 12.4. The van der Waals surface area contributed by atoms with Gasteiger partial charge in [-0.15, -0.1) is 0 Å². The van der Waals surface area contributed by atoms with Crippen LogP contribution in [0.1, 0.15) is 19.3 Å². The molecule has 1 aliphatic heterocycles. The van der Waals surface area contributed by atoms with Crippen LogP contribution < -0.4 is 10.0 Å². The highest BCUT2D eigenvalue weighted by molar-refractivity contribution is 7.89. The largest absolute Gasteiger partial charge is 0.312 e. The van der Waals surface area contributed by atoms with E-state index in [1.807, 2.05) is 0 Å². The van der Waals surface area contributed by atoms with Crippen molar-refractivity contribution in [3.8, 4) is 0 Å². The molecule has 1 aromatic rings. The lowest BCUT2D eigenvalue weighted by atomic mass is 10.1. The van der Waals surface area contributed by atoms with Crippen LogP contribution in [0.3, 0.4) is 0 Å². The van der Waals surface area contributed by atoms with E-state index in [1.165, 1.54) is 24.3 Å². The summed E-state index contributed by atoms with van der Waals surface area (Å²) < 4.78 is 27.5. The van der Waals surface area contributed by atoms with Gasteiger partial charge in [0.2, 0.25) is 10.0 Å². The molecule has 0 aromatic heterocycles. The van der Waals surface area contributed by atoms with Crippen LogP contribution in [0, 0.1) is 10.1 Å². The minimum Gasteiger partial charge on any atom is -0.312 e. The molecule has 1 saturated carbocycles. The number of hydrogen-bond donors (Lipinski definition) is 2. The Hall–Kier alpha value is -1.51. The highest BCUT2D eigenvalue weighted by Gasteiger charge is 2.57. The molecule has 2 fully saturated rings. The molecule has 1 aliphatic carbocycles. The zero-order valence-corrected chi connectivity index (χ0v) is 11.5. The van der Waals surface area contributed by atoms with E-state index in [9.17, 15) is 18.5 Å². The standard InChI is InChI=1S/C12H15N3O4S/c16-15(17)9-4-1-2-5-10(9)20(18,19)14-12-6-3-7-13-11(12)8-12/h1-2,4-5,11,13-14H,3,6-8H2/t11-,12-/m1/s1. The quantitative estimate of drug-likeness (QED) is 0.631. The molecule has 1 heterocycles. The number of nitrogens with zero attached hydrogens (tertiary/aromatic N) is 1. The summed E-state index contributed by atoms with van der Waals surface area (Å²) >= 11 is 0. The van der Waals surface area contributed by atoms with Gasteiger partial charge in [-0.1, -0.05) is 12.1 Å². The van der Waals surface area contributed by atoms with Crippen molar-refractivity contribution in [2.45, 2.75) is 35.7 Å². The molecule has 7 nitrogen and oxygen atoms in total. The normalized spacial score (nSPS) is 28.7. The lowest BCUT2D eigenvalue weighted by Gasteiger charge is -2.23. The Morgan fingerprint density at radius 2 is 2.15 bits per heavy atom. The fraction of sp³-hybridized carbons (Fsp3) is 0.500. The van der Waals surface area contributed by atoms with E-state index in [2.05, 4.69) is 10.0 Å². The summed E-state index contributed by atoms with van der Waals surface area (Å²) in [7, 11) is -3.88. The first kappa shape index (κ1) is 13.5. The zero-order chi connectivity index (χ0) is 14.4. The molecule has 8 heteroatoms. The van der Waals surface area contributed by atoms with Crippen LogP contribution in [-0.2, 0) is 10.0 Å². The van der Waals surface area contributed by atoms with Gasteiger partial charge in [-0.2, -0.15) is 0 Å². The number of sulfonamides is 1. The number of piperidine rings is 1. The van der Waals surface area contributed by atoms with Gasteiger partial charge in [-0.3, -0.25) is 10.1 Å². The van der Waals surface area contributed by atoms with Crippen LogP contribution >= 0.6 is 0 Å². The highest BCUT2D eigenvalue weighted by atomic mass is 32.2. The monoisotopic (exact) mass is 297 g/mol. The van der Waals surface area contributed by atoms with E-state index in [0.717, 1.165) is 25.8 Å². The first-order valence-corrected chi connectivity index (χ1v) is 7.94. The Balaban J connectivity index is 1.91. The molecular weight excluding hydrogens is 282 g/mol. The predicted molar refractivity (Wildman–Crippen MR) is 71.8 cm³/mol. The fourth-order valence-electron chi connectivity index (χ4n) is 2.85. The van der Waals surface area contributed by atoms with E-state index in [-0.39, 0.29) is 10.9 Å². The molecule has 0 amide bonds. The summed E-state index contributed by atoms with van der Waals surface area (Å²) in [6, 6.07) is 5.56. The number of nitro groups is 1. The molecular formula is C12H15N3O4S. The Bertz CT molecular complexity index is 660. The van der Waals surface area contributed by atoms with Crippen LogP contribution in [0.15, 0.2) is 29.2 Å². The van der Waals surface area contributed by atoms with E-state index in [1.54, 1.807) is 0 Å². The van der Waals surface area contributed by atoms with Crippen molar-refractivity contribution in [2.75, 3.05) is 6.54 Å². The maximum Gasteiger partial charge on any atom is 0.289 e. The predicted octanol–water partition coefficient (Wildman–Crippen LogP) is 0.768. The fourth-order valence-corrected chi connectivity index (χ4v) is 4.50. The molecule has 0 bridgehead atoms. The molecule has 20 heavy (non-hydrogen) atoms. The minimum atomic E-state index is -3.88.